The molecular formula is C34H39ClN6O3. The van der Waals surface area contributed by atoms with Crippen LogP contribution in [0.1, 0.15) is 46.7 Å². The van der Waals surface area contributed by atoms with E-state index in [2.05, 4.69) is 44.2 Å². The normalized spacial score (nSPS) is 21.5. The third-order valence-electron chi connectivity index (χ3n) is 8.65. The number of piperidine rings is 2. The second-order valence-electron chi connectivity index (χ2n) is 11.4. The van der Waals surface area contributed by atoms with Crippen molar-refractivity contribution >= 4 is 47.3 Å². The quantitative estimate of drug-likeness (QED) is 0.0908. The number of benzene rings is 3. The third-order valence-corrected chi connectivity index (χ3v) is 8.89. The van der Waals surface area contributed by atoms with Crippen LogP contribution in [0.25, 0.3) is 6.08 Å². The molecule has 10 heteroatoms. The molecular weight excluding hydrogens is 576 g/mol. The Morgan fingerprint density at radius 2 is 1.80 bits per heavy atom. The summed E-state index contributed by atoms with van der Waals surface area (Å²) in [6, 6.07) is 21.6. The van der Waals surface area contributed by atoms with Crippen LogP contribution in [0.5, 0.6) is 0 Å². The summed E-state index contributed by atoms with van der Waals surface area (Å²) < 4.78 is 0. The molecule has 0 spiro atoms. The lowest BCUT2D eigenvalue weighted by Gasteiger charge is -2.46. The van der Waals surface area contributed by atoms with Gasteiger partial charge in [-0.2, -0.15) is 0 Å². The zero-order valence-electron chi connectivity index (χ0n) is 24.5. The highest BCUT2D eigenvalue weighted by Gasteiger charge is 2.43. The number of nitrogens with two attached hydrogens (primary N) is 1. The Balaban J connectivity index is 1.47. The first-order valence-electron chi connectivity index (χ1n) is 15.0. The minimum atomic E-state index is -1.01. The molecule has 6 N–H and O–H groups in total. The number of aromatic carboxylic acids is 1. The SMILES string of the molecule is NNC=Nc1ccc(Cl)cc1C=CCN1CC(C2CCNCC2)CC(c2ccccc2)C1C(=O)Nc1ccc(C(=O)O)cc1. The molecule has 3 unspecified atom stereocenters. The summed E-state index contributed by atoms with van der Waals surface area (Å²) in [4.78, 5) is 32.2. The highest BCUT2D eigenvalue weighted by atomic mass is 35.5. The van der Waals surface area contributed by atoms with E-state index in [4.69, 9.17) is 17.4 Å². The molecule has 3 aromatic carbocycles. The van der Waals surface area contributed by atoms with Crippen molar-refractivity contribution in [3.63, 3.8) is 0 Å². The number of carbonyl (C=O) groups is 2. The monoisotopic (exact) mass is 614 g/mol. The topological polar surface area (TPSA) is 132 Å². The van der Waals surface area contributed by atoms with Crippen LogP contribution < -0.4 is 21.9 Å². The molecule has 5 rings (SSSR count). The van der Waals surface area contributed by atoms with Crippen molar-refractivity contribution in [2.75, 3.05) is 31.5 Å². The van der Waals surface area contributed by atoms with Crippen molar-refractivity contribution in [1.82, 2.24) is 15.6 Å². The molecule has 0 aliphatic carbocycles. The van der Waals surface area contributed by atoms with E-state index in [0.717, 1.165) is 55.7 Å². The number of anilines is 1. The Morgan fingerprint density at radius 3 is 2.50 bits per heavy atom. The lowest BCUT2D eigenvalue weighted by atomic mass is 9.72. The van der Waals surface area contributed by atoms with Gasteiger partial charge in [0.15, 0.2) is 0 Å². The van der Waals surface area contributed by atoms with E-state index in [1.165, 1.54) is 18.5 Å². The summed E-state index contributed by atoms with van der Waals surface area (Å²) in [6.45, 7) is 3.38. The largest absolute Gasteiger partial charge is 0.478 e. The summed E-state index contributed by atoms with van der Waals surface area (Å²) in [5, 5.41) is 16.5. The summed E-state index contributed by atoms with van der Waals surface area (Å²) in [5.74, 6) is 5.28. The van der Waals surface area contributed by atoms with Gasteiger partial charge in [0.25, 0.3) is 0 Å². The Hall–Kier alpha value is -4.02. The number of nitrogens with zero attached hydrogens (tertiary/aromatic N) is 2. The first kappa shape index (κ1) is 31.4. The lowest BCUT2D eigenvalue weighted by Crippen LogP contribution is -2.55. The summed E-state index contributed by atoms with van der Waals surface area (Å²) in [6.07, 6.45) is 8.64. The molecule has 3 aromatic rings. The highest BCUT2D eigenvalue weighted by Crippen LogP contribution is 2.41. The van der Waals surface area contributed by atoms with Gasteiger partial charge in [-0.25, -0.2) is 15.6 Å². The van der Waals surface area contributed by atoms with Crippen molar-refractivity contribution < 1.29 is 14.7 Å². The van der Waals surface area contributed by atoms with E-state index in [1.807, 2.05) is 36.4 Å². The fourth-order valence-electron chi connectivity index (χ4n) is 6.52. The van der Waals surface area contributed by atoms with E-state index >= 15 is 0 Å². The number of rotatable bonds is 10. The molecule has 2 aliphatic rings. The molecule has 2 fully saturated rings. The minimum absolute atomic E-state index is 0.0153. The zero-order valence-corrected chi connectivity index (χ0v) is 25.3. The molecule has 2 heterocycles. The summed E-state index contributed by atoms with van der Waals surface area (Å²) in [7, 11) is 0. The number of likely N-dealkylation sites (tertiary alicyclic amines) is 1. The molecule has 0 bridgehead atoms. The van der Waals surface area contributed by atoms with Gasteiger partial charge in [0, 0.05) is 35.3 Å². The van der Waals surface area contributed by atoms with Gasteiger partial charge in [-0.05, 0) is 92.2 Å². The lowest BCUT2D eigenvalue weighted by molar-refractivity contribution is -0.124. The predicted octanol–water partition coefficient (Wildman–Crippen LogP) is 5.29. The maximum atomic E-state index is 14.2. The van der Waals surface area contributed by atoms with E-state index in [-0.39, 0.29) is 17.4 Å². The van der Waals surface area contributed by atoms with Crippen molar-refractivity contribution in [2.45, 2.75) is 31.2 Å². The van der Waals surface area contributed by atoms with Crippen molar-refractivity contribution in [2.24, 2.45) is 22.7 Å². The zero-order chi connectivity index (χ0) is 30.9. The fourth-order valence-corrected chi connectivity index (χ4v) is 6.70. The fraction of sp³-hybridized carbons (Fsp3) is 0.324. The van der Waals surface area contributed by atoms with Gasteiger partial charge in [0.05, 0.1) is 17.3 Å². The summed E-state index contributed by atoms with van der Waals surface area (Å²) >= 11 is 6.31. The van der Waals surface area contributed by atoms with Crippen molar-refractivity contribution in [3.8, 4) is 0 Å². The Morgan fingerprint density at radius 1 is 1.05 bits per heavy atom. The van der Waals surface area contributed by atoms with Gasteiger partial charge in [0.2, 0.25) is 5.91 Å². The number of amides is 1. The van der Waals surface area contributed by atoms with Gasteiger partial charge in [-0.3, -0.25) is 9.69 Å². The van der Waals surface area contributed by atoms with Crippen LogP contribution in [0.15, 0.2) is 83.9 Å². The van der Waals surface area contributed by atoms with E-state index in [1.54, 1.807) is 18.2 Å². The highest BCUT2D eigenvalue weighted by molar-refractivity contribution is 6.30. The number of carboxylic acids is 1. The first-order valence-corrected chi connectivity index (χ1v) is 15.4. The van der Waals surface area contributed by atoms with Crippen LogP contribution >= 0.6 is 11.6 Å². The molecule has 2 aliphatic heterocycles. The average Bonchev–Trinajstić information content (AvgIpc) is 3.05. The van der Waals surface area contributed by atoms with Crippen LogP contribution in [0.3, 0.4) is 0 Å². The number of hydrogen-bond donors (Lipinski definition) is 5. The Bertz CT molecular complexity index is 1470. The molecule has 230 valence electrons. The van der Waals surface area contributed by atoms with E-state index in [9.17, 15) is 14.7 Å². The van der Waals surface area contributed by atoms with Gasteiger partial charge < -0.3 is 21.2 Å². The van der Waals surface area contributed by atoms with E-state index < -0.39 is 12.0 Å². The second-order valence-corrected chi connectivity index (χ2v) is 11.8. The summed E-state index contributed by atoms with van der Waals surface area (Å²) in [5.41, 5.74) is 5.88. The van der Waals surface area contributed by atoms with Crippen molar-refractivity contribution in [1.29, 1.82) is 0 Å². The van der Waals surface area contributed by atoms with Gasteiger partial charge >= 0.3 is 5.97 Å². The molecule has 0 radical (unpaired) electrons. The Labute approximate surface area is 263 Å². The number of aliphatic imine (C=N–C) groups is 1. The van der Waals surface area contributed by atoms with Gasteiger partial charge in [-0.1, -0.05) is 54.1 Å². The number of halogens is 1. The molecule has 1 amide bonds. The minimum Gasteiger partial charge on any atom is -0.478 e. The molecule has 9 nitrogen and oxygen atoms in total. The number of hydrazine groups is 1. The second kappa shape index (κ2) is 15.1. The smallest absolute Gasteiger partial charge is 0.335 e. The van der Waals surface area contributed by atoms with Gasteiger partial charge in [0.1, 0.15) is 6.34 Å². The number of nitrogens with one attached hydrogen (secondary N) is 3. The van der Waals surface area contributed by atoms with Gasteiger partial charge in [-0.15, -0.1) is 0 Å². The van der Waals surface area contributed by atoms with Crippen LogP contribution in [0, 0.1) is 11.8 Å². The number of carbonyl (C=O) groups excluding carboxylic acids is 1. The molecule has 2 saturated heterocycles. The van der Waals surface area contributed by atoms with Crippen LogP contribution in [0.2, 0.25) is 5.02 Å². The molecule has 0 aromatic heterocycles. The number of hydrogen-bond acceptors (Lipinski definition) is 6. The third kappa shape index (κ3) is 7.92. The van der Waals surface area contributed by atoms with Crippen molar-refractivity contribution in [3.05, 3.63) is 101 Å². The molecule has 0 saturated carbocycles. The van der Waals surface area contributed by atoms with Crippen LogP contribution in [0.4, 0.5) is 11.4 Å². The molecule has 44 heavy (non-hydrogen) atoms. The average molecular weight is 615 g/mol. The maximum absolute atomic E-state index is 14.2. The standard InChI is InChI=1S/C34H39ClN6O3/c35-28-10-13-31(38-22-39-36)26(19-28)7-4-18-41-21-27(23-14-16-37-17-15-23)20-30(24-5-2-1-3-6-24)32(41)33(42)40-29-11-8-25(9-12-29)34(43)44/h1-13,19,22-23,27,30,32,37H,14-18,20-21,36H2,(H,38,39)(H,40,42)(H,43,44). The van der Waals surface area contributed by atoms with Crippen LogP contribution in [-0.2, 0) is 4.79 Å². The maximum Gasteiger partial charge on any atom is 0.335 e. The first-order chi connectivity index (χ1) is 21.4. The number of carboxylic acid groups (broad SMARTS) is 1. The Kier molecular flexibility index (Phi) is 10.8. The van der Waals surface area contributed by atoms with Crippen LogP contribution in [-0.4, -0.2) is 60.4 Å². The predicted molar refractivity (Wildman–Crippen MR) is 176 cm³/mol. The van der Waals surface area contributed by atoms with E-state index in [0.29, 0.717) is 29.1 Å². The molecule has 3 atom stereocenters.